The molecule has 0 aromatic heterocycles. The second-order valence-electron chi connectivity index (χ2n) is 5.12. The molecule has 1 heterocycles. The predicted molar refractivity (Wildman–Crippen MR) is 73.0 cm³/mol. The van der Waals surface area contributed by atoms with Crippen molar-refractivity contribution in [1.29, 1.82) is 0 Å². The Kier molecular flexibility index (Phi) is 5.43. The number of ether oxygens (including phenoxy) is 1. The topological polar surface area (TPSA) is 66.8 Å². The maximum absolute atomic E-state index is 13.7. The first kappa shape index (κ1) is 16.4. The van der Waals surface area contributed by atoms with E-state index in [1.165, 1.54) is 17.0 Å². The molecular weight excluding hydrogens is 296 g/mol. The lowest BCUT2D eigenvalue weighted by Gasteiger charge is -2.25. The first-order valence-corrected chi connectivity index (χ1v) is 7.04. The highest BCUT2D eigenvalue weighted by molar-refractivity contribution is 5.81. The van der Waals surface area contributed by atoms with Crippen molar-refractivity contribution in [2.45, 2.75) is 31.9 Å². The standard InChI is InChI=1S/C15H17F2NO4/c16-11-4-1-3-10(14(11)17)9-18(7-6-13(19)20)15(21)12-5-2-8-22-12/h1,3-4,12H,2,5-9H2,(H,19,20)/t12-/m0/s1. The number of halogens is 2. The molecule has 1 aliphatic heterocycles. The van der Waals surface area contributed by atoms with E-state index >= 15 is 0 Å². The lowest BCUT2D eigenvalue weighted by atomic mass is 10.1. The third-order valence-electron chi connectivity index (χ3n) is 3.51. The molecule has 1 aliphatic rings. The van der Waals surface area contributed by atoms with Crippen LogP contribution in [0.25, 0.3) is 0 Å². The van der Waals surface area contributed by atoms with Gasteiger partial charge in [0.1, 0.15) is 6.10 Å². The molecular formula is C15H17F2NO4. The van der Waals surface area contributed by atoms with Gasteiger partial charge in [-0.15, -0.1) is 0 Å². The molecule has 1 aromatic carbocycles. The Labute approximate surface area is 126 Å². The lowest BCUT2D eigenvalue weighted by molar-refractivity contribution is -0.143. The minimum absolute atomic E-state index is 0.0109. The summed E-state index contributed by atoms with van der Waals surface area (Å²) < 4.78 is 32.3. The van der Waals surface area contributed by atoms with Crippen LogP contribution in [0.2, 0.25) is 0 Å². The molecule has 1 aromatic rings. The highest BCUT2D eigenvalue weighted by Crippen LogP contribution is 2.19. The van der Waals surface area contributed by atoms with Crippen molar-refractivity contribution in [3.05, 3.63) is 35.4 Å². The van der Waals surface area contributed by atoms with Gasteiger partial charge in [-0.25, -0.2) is 8.78 Å². The van der Waals surface area contributed by atoms with Crippen molar-refractivity contribution in [2.24, 2.45) is 0 Å². The molecule has 0 unspecified atom stereocenters. The van der Waals surface area contributed by atoms with Crippen molar-refractivity contribution >= 4 is 11.9 Å². The summed E-state index contributed by atoms with van der Waals surface area (Å²) in [6, 6.07) is 3.71. The summed E-state index contributed by atoms with van der Waals surface area (Å²) in [6.45, 7) is 0.205. The maximum Gasteiger partial charge on any atom is 0.305 e. The number of carbonyl (C=O) groups is 2. The Morgan fingerprint density at radius 2 is 2.14 bits per heavy atom. The third kappa shape index (κ3) is 4.00. The number of carbonyl (C=O) groups excluding carboxylic acids is 1. The largest absolute Gasteiger partial charge is 0.481 e. The maximum atomic E-state index is 13.7. The van der Waals surface area contributed by atoms with E-state index in [1.54, 1.807) is 0 Å². The van der Waals surface area contributed by atoms with Crippen molar-refractivity contribution in [1.82, 2.24) is 4.90 Å². The molecule has 5 nitrogen and oxygen atoms in total. The highest BCUT2D eigenvalue weighted by Gasteiger charge is 2.29. The second-order valence-corrected chi connectivity index (χ2v) is 5.12. The second kappa shape index (κ2) is 7.31. The molecule has 0 aliphatic carbocycles. The molecule has 1 atom stereocenters. The normalized spacial score (nSPS) is 17.5. The molecule has 1 N–H and O–H groups in total. The zero-order chi connectivity index (χ0) is 16.1. The van der Waals surface area contributed by atoms with E-state index in [4.69, 9.17) is 9.84 Å². The van der Waals surface area contributed by atoms with Crippen molar-refractivity contribution < 1.29 is 28.2 Å². The minimum Gasteiger partial charge on any atom is -0.481 e. The van der Waals surface area contributed by atoms with E-state index in [0.717, 1.165) is 12.5 Å². The van der Waals surface area contributed by atoms with Crippen LogP contribution in [0.5, 0.6) is 0 Å². The SMILES string of the molecule is O=C(O)CCN(Cc1cccc(F)c1F)C(=O)[C@@H]1CCCO1. The van der Waals surface area contributed by atoms with Gasteiger partial charge in [0.25, 0.3) is 5.91 Å². The van der Waals surface area contributed by atoms with Gasteiger partial charge < -0.3 is 14.7 Å². The van der Waals surface area contributed by atoms with E-state index in [-0.39, 0.29) is 31.0 Å². The number of amides is 1. The monoisotopic (exact) mass is 313 g/mol. The van der Waals surface area contributed by atoms with Gasteiger partial charge in [-0.2, -0.15) is 0 Å². The zero-order valence-corrected chi connectivity index (χ0v) is 11.9. The predicted octanol–water partition coefficient (Wildman–Crippen LogP) is 1.95. The molecule has 120 valence electrons. The quantitative estimate of drug-likeness (QED) is 0.871. The van der Waals surface area contributed by atoms with Crippen LogP contribution in [0.3, 0.4) is 0 Å². The number of carboxylic acid groups (broad SMARTS) is 1. The van der Waals surface area contributed by atoms with E-state index < -0.39 is 23.7 Å². The number of hydrogen-bond acceptors (Lipinski definition) is 3. The minimum atomic E-state index is -1.06. The Morgan fingerprint density at radius 1 is 1.36 bits per heavy atom. The van der Waals surface area contributed by atoms with Gasteiger partial charge in [-0.3, -0.25) is 9.59 Å². The smallest absolute Gasteiger partial charge is 0.305 e. The summed E-state index contributed by atoms with van der Waals surface area (Å²) >= 11 is 0. The summed E-state index contributed by atoms with van der Waals surface area (Å²) in [5, 5.41) is 8.77. The van der Waals surface area contributed by atoms with Crippen LogP contribution in [0.1, 0.15) is 24.8 Å². The fourth-order valence-corrected chi connectivity index (χ4v) is 2.35. The van der Waals surface area contributed by atoms with E-state index in [1.807, 2.05) is 0 Å². The Bertz CT molecular complexity index is 558. The van der Waals surface area contributed by atoms with Crippen LogP contribution in [0.4, 0.5) is 8.78 Å². The van der Waals surface area contributed by atoms with Crippen molar-refractivity contribution in [3.63, 3.8) is 0 Å². The number of hydrogen-bond donors (Lipinski definition) is 1. The van der Waals surface area contributed by atoms with Crippen molar-refractivity contribution in [2.75, 3.05) is 13.2 Å². The average molecular weight is 313 g/mol. The first-order chi connectivity index (χ1) is 10.5. The van der Waals surface area contributed by atoms with Crippen LogP contribution in [-0.4, -0.2) is 41.1 Å². The van der Waals surface area contributed by atoms with Gasteiger partial charge in [-0.1, -0.05) is 12.1 Å². The molecule has 1 saturated heterocycles. The fourth-order valence-electron chi connectivity index (χ4n) is 2.35. The fraction of sp³-hybridized carbons (Fsp3) is 0.467. The van der Waals surface area contributed by atoms with Crippen LogP contribution in [0.15, 0.2) is 18.2 Å². The number of aliphatic carboxylic acids is 1. The third-order valence-corrected chi connectivity index (χ3v) is 3.51. The van der Waals surface area contributed by atoms with Gasteiger partial charge >= 0.3 is 5.97 Å². The molecule has 1 amide bonds. The summed E-state index contributed by atoms with van der Waals surface area (Å²) in [5.74, 6) is -3.48. The number of rotatable bonds is 6. The number of carboxylic acids is 1. The van der Waals surface area contributed by atoms with Gasteiger partial charge in [0.15, 0.2) is 11.6 Å². The van der Waals surface area contributed by atoms with E-state index in [9.17, 15) is 18.4 Å². The Hall–Kier alpha value is -2.02. The number of benzene rings is 1. The zero-order valence-electron chi connectivity index (χ0n) is 11.9. The van der Waals surface area contributed by atoms with Gasteiger partial charge in [-0.05, 0) is 18.9 Å². The van der Waals surface area contributed by atoms with Crippen molar-refractivity contribution in [3.8, 4) is 0 Å². The molecule has 7 heteroatoms. The first-order valence-electron chi connectivity index (χ1n) is 7.04. The molecule has 1 fully saturated rings. The molecule has 0 radical (unpaired) electrons. The Morgan fingerprint density at radius 3 is 2.77 bits per heavy atom. The summed E-state index contributed by atoms with van der Waals surface area (Å²) in [5.41, 5.74) is 0.0109. The van der Waals surface area contributed by atoms with Gasteiger partial charge in [0, 0.05) is 25.3 Å². The lowest BCUT2D eigenvalue weighted by Crippen LogP contribution is -2.39. The summed E-state index contributed by atoms with van der Waals surface area (Å²) in [4.78, 5) is 24.3. The molecule has 0 spiro atoms. The van der Waals surface area contributed by atoms with Crippen LogP contribution in [0, 0.1) is 11.6 Å². The molecule has 0 saturated carbocycles. The number of nitrogens with zero attached hydrogens (tertiary/aromatic N) is 1. The van der Waals surface area contributed by atoms with Gasteiger partial charge in [0.05, 0.1) is 6.42 Å². The molecule has 22 heavy (non-hydrogen) atoms. The van der Waals surface area contributed by atoms with Gasteiger partial charge in [0.2, 0.25) is 0 Å². The summed E-state index contributed by atoms with van der Waals surface area (Å²) in [7, 11) is 0. The van der Waals surface area contributed by atoms with E-state index in [0.29, 0.717) is 13.0 Å². The van der Waals surface area contributed by atoms with E-state index in [2.05, 4.69) is 0 Å². The summed E-state index contributed by atoms with van der Waals surface area (Å²) in [6.07, 6.45) is 0.395. The van der Waals surface area contributed by atoms with Crippen LogP contribution >= 0.6 is 0 Å². The highest BCUT2D eigenvalue weighted by atomic mass is 19.2. The van der Waals surface area contributed by atoms with Crippen LogP contribution < -0.4 is 0 Å². The van der Waals surface area contributed by atoms with Crippen LogP contribution in [-0.2, 0) is 20.9 Å². The average Bonchev–Trinajstić information content (AvgIpc) is 3.01. The molecule has 2 rings (SSSR count). The Balaban J connectivity index is 2.14. The molecule has 0 bridgehead atoms.